The van der Waals surface area contributed by atoms with Gasteiger partial charge in [0.1, 0.15) is 0 Å². The van der Waals surface area contributed by atoms with Gasteiger partial charge in [-0.05, 0) is 38.3 Å². The Morgan fingerprint density at radius 1 is 1.42 bits per heavy atom. The molecular formula is C14H26N2O3. The highest BCUT2D eigenvalue weighted by molar-refractivity contribution is 5.75. The van der Waals surface area contributed by atoms with Crippen molar-refractivity contribution >= 4 is 5.91 Å². The van der Waals surface area contributed by atoms with Crippen molar-refractivity contribution in [1.29, 1.82) is 0 Å². The van der Waals surface area contributed by atoms with E-state index in [1.54, 1.807) is 0 Å². The summed E-state index contributed by atoms with van der Waals surface area (Å²) in [4.78, 5) is 11.8. The lowest BCUT2D eigenvalue weighted by molar-refractivity contribution is -0.124. The fraction of sp³-hybridized carbons (Fsp3) is 0.929. The summed E-state index contributed by atoms with van der Waals surface area (Å²) in [6.45, 7) is 3.67. The van der Waals surface area contributed by atoms with Crippen molar-refractivity contribution in [2.75, 3.05) is 32.8 Å². The third-order valence-electron chi connectivity index (χ3n) is 4.22. The van der Waals surface area contributed by atoms with Crippen LogP contribution in [0.15, 0.2) is 0 Å². The lowest BCUT2D eigenvalue weighted by Crippen LogP contribution is -2.46. The summed E-state index contributed by atoms with van der Waals surface area (Å²) in [6.07, 6.45) is 5.17. The SMILES string of the molecule is O=C(CCC1CCCNC1)NCC1(O)CCOCC1. The first-order valence-corrected chi connectivity index (χ1v) is 7.45. The van der Waals surface area contributed by atoms with Crippen molar-refractivity contribution in [1.82, 2.24) is 10.6 Å². The van der Waals surface area contributed by atoms with Crippen molar-refractivity contribution in [2.45, 2.75) is 44.1 Å². The molecule has 110 valence electrons. The minimum absolute atomic E-state index is 0.0606. The minimum Gasteiger partial charge on any atom is -0.388 e. The van der Waals surface area contributed by atoms with Crippen LogP contribution in [0.1, 0.15) is 38.5 Å². The predicted octanol–water partition coefficient (Wildman–Crippen LogP) is 0.424. The highest BCUT2D eigenvalue weighted by Gasteiger charge is 2.30. The number of piperidine rings is 1. The largest absolute Gasteiger partial charge is 0.388 e. The Morgan fingerprint density at radius 2 is 2.21 bits per heavy atom. The minimum atomic E-state index is -0.764. The molecule has 2 fully saturated rings. The van der Waals surface area contributed by atoms with E-state index in [9.17, 15) is 9.90 Å². The summed E-state index contributed by atoms with van der Waals surface area (Å²) in [5.41, 5.74) is -0.764. The van der Waals surface area contributed by atoms with E-state index in [4.69, 9.17) is 4.74 Å². The van der Waals surface area contributed by atoms with Gasteiger partial charge in [0.2, 0.25) is 5.91 Å². The maximum absolute atomic E-state index is 11.8. The molecule has 1 amide bonds. The Kier molecular flexibility index (Phi) is 5.60. The molecule has 5 nitrogen and oxygen atoms in total. The van der Waals surface area contributed by atoms with Gasteiger partial charge in [-0.3, -0.25) is 4.79 Å². The molecule has 19 heavy (non-hydrogen) atoms. The van der Waals surface area contributed by atoms with Crippen LogP contribution in [-0.4, -0.2) is 49.5 Å². The first-order chi connectivity index (χ1) is 9.18. The smallest absolute Gasteiger partial charge is 0.220 e. The van der Waals surface area contributed by atoms with Gasteiger partial charge in [0.25, 0.3) is 0 Å². The average molecular weight is 270 g/mol. The number of nitrogens with one attached hydrogen (secondary N) is 2. The summed E-state index contributed by atoms with van der Waals surface area (Å²) < 4.78 is 5.22. The summed E-state index contributed by atoms with van der Waals surface area (Å²) in [7, 11) is 0. The van der Waals surface area contributed by atoms with Crippen molar-refractivity contribution in [3.8, 4) is 0 Å². The van der Waals surface area contributed by atoms with Crippen LogP contribution in [0.4, 0.5) is 0 Å². The number of hydrogen-bond acceptors (Lipinski definition) is 4. The van der Waals surface area contributed by atoms with E-state index in [1.165, 1.54) is 12.8 Å². The predicted molar refractivity (Wildman–Crippen MR) is 72.8 cm³/mol. The fourth-order valence-electron chi connectivity index (χ4n) is 2.79. The molecule has 2 rings (SSSR count). The number of hydrogen-bond donors (Lipinski definition) is 3. The van der Waals surface area contributed by atoms with Crippen molar-refractivity contribution in [3.63, 3.8) is 0 Å². The summed E-state index contributed by atoms with van der Waals surface area (Å²) >= 11 is 0. The van der Waals surface area contributed by atoms with Gasteiger partial charge in [0, 0.05) is 39.0 Å². The topological polar surface area (TPSA) is 70.6 Å². The third kappa shape index (κ3) is 5.09. The van der Waals surface area contributed by atoms with Crippen molar-refractivity contribution in [2.24, 2.45) is 5.92 Å². The Balaban J connectivity index is 1.61. The lowest BCUT2D eigenvalue weighted by atomic mass is 9.93. The fourth-order valence-corrected chi connectivity index (χ4v) is 2.79. The standard InChI is InChI=1S/C14H26N2O3/c17-13(4-3-12-2-1-7-15-10-12)16-11-14(18)5-8-19-9-6-14/h12,15,18H,1-11H2,(H,16,17). The quantitative estimate of drug-likeness (QED) is 0.677. The molecule has 2 heterocycles. The van der Waals surface area contributed by atoms with Crippen LogP contribution in [0.5, 0.6) is 0 Å². The highest BCUT2D eigenvalue weighted by Crippen LogP contribution is 2.19. The van der Waals surface area contributed by atoms with E-state index >= 15 is 0 Å². The van der Waals surface area contributed by atoms with Crippen LogP contribution in [0.2, 0.25) is 0 Å². The van der Waals surface area contributed by atoms with Gasteiger partial charge in [-0.2, -0.15) is 0 Å². The molecule has 0 spiro atoms. The van der Waals surface area contributed by atoms with Gasteiger partial charge < -0.3 is 20.5 Å². The molecule has 0 aromatic rings. The molecule has 5 heteroatoms. The van der Waals surface area contributed by atoms with E-state index in [0.717, 1.165) is 19.5 Å². The number of amides is 1. The monoisotopic (exact) mass is 270 g/mol. The Labute approximate surface area is 115 Å². The maximum Gasteiger partial charge on any atom is 0.220 e. The third-order valence-corrected chi connectivity index (χ3v) is 4.22. The second-order valence-corrected chi connectivity index (χ2v) is 5.86. The zero-order valence-electron chi connectivity index (χ0n) is 11.6. The van der Waals surface area contributed by atoms with E-state index in [2.05, 4.69) is 10.6 Å². The second kappa shape index (κ2) is 7.22. The molecule has 1 unspecified atom stereocenters. The zero-order valence-corrected chi connectivity index (χ0v) is 11.6. The van der Waals surface area contributed by atoms with E-state index < -0.39 is 5.60 Å². The van der Waals surface area contributed by atoms with Crippen LogP contribution in [-0.2, 0) is 9.53 Å². The maximum atomic E-state index is 11.8. The number of aliphatic hydroxyl groups is 1. The van der Waals surface area contributed by atoms with Gasteiger partial charge in [0.15, 0.2) is 0 Å². The van der Waals surface area contributed by atoms with Crippen LogP contribution >= 0.6 is 0 Å². The molecule has 0 aromatic carbocycles. The van der Waals surface area contributed by atoms with Gasteiger partial charge in [-0.15, -0.1) is 0 Å². The molecule has 2 aliphatic heterocycles. The second-order valence-electron chi connectivity index (χ2n) is 5.86. The molecule has 0 aromatic heterocycles. The van der Waals surface area contributed by atoms with Gasteiger partial charge in [0.05, 0.1) is 5.60 Å². The normalized spacial score (nSPS) is 26.9. The van der Waals surface area contributed by atoms with E-state index in [-0.39, 0.29) is 5.91 Å². The van der Waals surface area contributed by atoms with Gasteiger partial charge in [-0.25, -0.2) is 0 Å². The Bertz CT molecular complexity index is 284. The summed E-state index contributed by atoms with van der Waals surface area (Å²) in [6, 6.07) is 0. The van der Waals surface area contributed by atoms with E-state index in [0.29, 0.717) is 44.9 Å². The Morgan fingerprint density at radius 3 is 2.89 bits per heavy atom. The number of carbonyl (C=O) groups is 1. The summed E-state index contributed by atoms with van der Waals surface area (Å²) in [5, 5.41) is 16.5. The van der Waals surface area contributed by atoms with Gasteiger partial charge in [-0.1, -0.05) is 0 Å². The molecule has 0 radical (unpaired) electrons. The molecule has 3 N–H and O–H groups in total. The van der Waals surface area contributed by atoms with Crippen LogP contribution in [0, 0.1) is 5.92 Å². The average Bonchev–Trinajstić information content (AvgIpc) is 2.45. The molecule has 2 aliphatic rings. The van der Waals surface area contributed by atoms with Gasteiger partial charge >= 0.3 is 0 Å². The molecule has 0 aliphatic carbocycles. The van der Waals surface area contributed by atoms with Crippen LogP contribution in [0.3, 0.4) is 0 Å². The number of ether oxygens (including phenoxy) is 1. The first-order valence-electron chi connectivity index (χ1n) is 7.45. The van der Waals surface area contributed by atoms with Crippen molar-refractivity contribution in [3.05, 3.63) is 0 Å². The molecular weight excluding hydrogens is 244 g/mol. The highest BCUT2D eigenvalue weighted by atomic mass is 16.5. The van der Waals surface area contributed by atoms with Crippen LogP contribution in [0.25, 0.3) is 0 Å². The molecule has 0 bridgehead atoms. The number of carbonyl (C=O) groups excluding carboxylic acids is 1. The van der Waals surface area contributed by atoms with Crippen LogP contribution < -0.4 is 10.6 Å². The first kappa shape index (κ1) is 14.8. The molecule has 1 atom stereocenters. The number of rotatable bonds is 5. The Hall–Kier alpha value is -0.650. The molecule has 2 saturated heterocycles. The lowest BCUT2D eigenvalue weighted by Gasteiger charge is -2.32. The van der Waals surface area contributed by atoms with Crippen molar-refractivity contribution < 1.29 is 14.6 Å². The summed E-state index contributed by atoms with van der Waals surface area (Å²) in [5.74, 6) is 0.691. The molecule has 0 saturated carbocycles. The zero-order chi connectivity index (χ0) is 13.6. The van der Waals surface area contributed by atoms with E-state index in [1.807, 2.05) is 0 Å².